The second kappa shape index (κ2) is 6.33. The third-order valence-electron chi connectivity index (χ3n) is 4.68. The highest BCUT2D eigenvalue weighted by molar-refractivity contribution is 4.92. The standard InChI is InChI=1S/C17H34N2O/c1-14-8-15(2)10-19(9-14)12-17(6-7-20-13-17)11-18-16(3,4)5/h14-15,18H,6-13H2,1-5H3. The van der Waals surface area contributed by atoms with Crippen molar-refractivity contribution in [3.63, 3.8) is 0 Å². The van der Waals surface area contributed by atoms with Crippen molar-refractivity contribution in [2.75, 3.05) is 39.4 Å². The molecule has 2 saturated heterocycles. The van der Waals surface area contributed by atoms with Crippen LogP contribution in [0.15, 0.2) is 0 Å². The SMILES string of the molecule is CC1CC(C)CN(CC2(CNC(C)(C)C)CCOC2)C1. The van der Waals surface area contributed by atoms with Gasteiger partial charge in [-0.05, 0) is 45.4 Å². The van der Waals surface area contributed by atoms with Gasteiger partial charge in [-0.15, -0.1) is 0 Å². The van der Waals surface area contributed by atoms with Crippen LogP contribution in [0.1, 0.15) is 47.5 Å². The first-order chi connectivity index (χ1) is 9.28. The highest BCUT2D eigenvalue weighted by atomic mass is 16.5. The minimum atomic E-state index is 0.193. The number of hydrogen-bond donors (Lipinski definition) is 1. The van der Waals surface area contributed by atoms with Crippen LogP contribution in [0.2, 0.25) is 0 Å². The molecule has 0 radical (unpaired) electrons. The van der Waals surface area contributed by atoms with Crippen LogP contribution in [-0.2, 0) is 4.74 Å². The normalized spacial score (nSPS) is 36.5. The average Bonchev–Trinajstić information content (AvgIpc) is 2.73. The molecule has 0 spiro atoms. The molecule has 2 rings (SSSR count). The van der Waals surface area contributed by atoms with E-state index < -0.39 is 0 Å². The topological polar surface area (TPSA) is 24.5 Å². The fraction of sp³-hybridized carbons (Fsp3) is 1.00. The van der Waals surface area contributed by atoms with Gasteiger partial charge in [0.15, 0.2) is 0 Å². The zero-order valence-corrected chi connectivity index (χ0v) is 14.2. The van der Waals surface area contributed by atoms with E-state index in [1.54, 1.807) is 0 Å². The molecule has 3 unspecified atom stereocenters. The van der Waals surface area contributed by atoms with E-state index in [-0.39, 0.29) is 5.54 Å². The monoisotopic (exact) mass is 282 g/mol. The lowest BCUT2D eigenvalue weighted by atomic mass is 9.83. The summed E-state index contributed by atoms with van der Waals surface area (Å²) < 4.78 is 5.75. The van der Waals surface area contributed by atoms with Crippen molar-refractivity contribution in [2.24, 2.45) is 17.3 Å². The Bertz CT molecular complexity index is 295. The Labute approximate surface area is 125 Å². The molecular formula is C17H34N2O. The summed E-state index contributed by atoms with van der Waals surface area (Å²) in [5.74, 6) is 1.68. The Morgan fingerprint density at radius 2 is 1.85 bits per heavy atom. The molecule has 0 bridgehead atoms. The predicted octanol–water partition coefficient (Wildman–Crippen LogP) is 2.76. The van der Waals surface area contributed by atoms with Gasteiger partial charge >= 0.3 is 0 Å². The molecule has 2 heterocycles. The van der Waals surface area contributed by atoms with Crippen LogP contribution in [0.5, 0.6) is 0 Å². The van der Waals surface area contributed by atoms with Crippen LogP contribution in [0, 0.1) is 17.3 Å². The van der Waals surface area contributed by atoms with E-state index in [1.807, 2.05) is 0 Å². The number of ether oxygens (including phenoxy) is 1. The van der Waals surface area contributed by atoms with Gasteiger partial charge in [-0.2, -0.15) is 0 Å². The molecule has 0 amide bonds. The minimum absolute atomic E-state index is 0.193. The fourth-order valence-corrected chi connectivity index (χ4v) is 3.82. The van der Waals surface area contributed by atoms with Crippen molar-refractivity contribution in [3.05, 3.63) is 0 Å². The Morgan fingerprint density at radius 3 is 2.35 bits per heavy atom. The summed E-state index contributed by atoms with van der Waals surface area (Å²) in [6, 6.07) is 0. The molecule has 3 heteroatoms. The van der Waals surface area contributed by atoms with Crippen LogP contribution < -0.4 is 5.32 Å². The maximum Gasteiger partial charge on any atom is 0.0547 e. The summed E-state index contributed by atoms with van der Waals surface area (Å²) in [4.78, 5) is 2.69. The van der Waals surface area contributed by atoms with Gasteiger partial charge in [0.25, 0.3) is 0 Å². The van der Waals surface area contributed by atoms with Gasteiger partial charge in [0, 0.05) is 43.7 Å². The first-order valence-corrected chi connectivity index (χ1v) is 8.33. The molecule has 20 heavy (non-hydrogen) atoms. The molecule has 2 aliphatic rings. The van der Waals surface area contributed by atoms with E-state index >= 15 is 0 Å². The Kier molecular flexibility index (Phi) is 5.14. The summed E-state index contributed by atoms with van der Waals surface area (Å²) in [6.07, 6.45) is 2.59. The molecule has 118 valence electrons. The highest BCUT2D eigenvalue weighted by Gasteiger charge is 2.38. The van der Waals surface area contributed by atoms with Crippen molar-refractivity contribution in [3.8, 4) is 0 Å². The summed E-state index contributed by atoms with van der Waals surface area (Å²) in [7, 11) is 0. The fourth-order valence-electron chi connectivity index (χ4n) is 3.82. The van der Waals surface area contributed by atoms with E-state index in [0.29, 0.717) is 5.41 Å². The molecular weight excluding hydrogens is 248 g/mol. The molecule has 0 aromatic carbocycles. The first kappa shape index (κ1) is 16.3. The van der Waals surface area contributed by atoms with Crippen LogP contribution >= 0.6 is 0 Å². The lowest BCUT2D eigenvalue weighted by Crippen LogP contribution is -2.51. The van der Waals surface area contributed by atoms with Gasteiger partial charge in [0.1, 0.15) is 0 Å². The number of nitrogens with one attached hydrogen (secondary N) is 1. The Morgan fingerprint density at radius 1 is 1.20 bits per heavy atom. The number of hydrogen-bond acceptors (Lipinski definition) is 3. The first-order valence-electron chi connectivity index (χ1n) is 8.33. The summed E-state index contributed by atoms with van der Waals surface area (Å²) in [5.41, 5.74) is 0.516. The minimum Gasteiger partial charge on any atom is -0.381 e. The third-order valence-corrected chi connectivity index (χ3v) is 4.68. The van der Waals surface area contributed by atoms with Gasteiger partial charge in [-0.25, -0.2) is 0 Å². The van der Waals surface area contributed by atoms with Crippen LogP contribution in [0.4, 0.5) is 0 Å². The molecule has 0 aromatic heterocycles. The van der Waals surface area contributed by atoms with Crippen molar-refractivity contribution >= 4 is 0 Å². The number of piperidine rings is 1. The zero-order valence-electron chi connectivity index (χ0n) is 14.2. The van der Waals surface area contributed by atoms with Crippen LogP contribution in [0.25, 0.3) is 0 Å². The molecule has 0 aliphatic carbocycles. The van der Waals surface area contributed by atoms with Crippen molar-refractivity contribution < 1.29 is 4.74 Å². The summed E-state index contributed by atoms with van der Waals surface area (Å²) >= 11 is 0. The second-order valence-electron chi connectivity index (χ2n) is 8.55. The Hall–Kier alpha value is -0.120. The summed E-state index contributed by atoms with van der Waals surface area (Å²) in [6.45, 7) is 18.2. The van der Waals surface area contributed by atoms with E-state index in [4.69, 9.17) is 4.74 Å². The molecule has 2 fully saturated rings. The quantitative estimate of drug-likeness (QED) is 0.858. The maximum absolute atomic E-state index is 5.75. The van der Waals surface area contributed by atoms with E-state index in [1.165, 1.54) is 32.5 Å². The zero-order chi connectivity index (χ0) is 14.8. The summed E-state index contributed by atoms with van der Waals surface area (Å²) in [5, 5.41) is 3.71. The lowest BCUT2D eigenvalue weighted by Gasteiger charge is -2.41. The maximum atomic E-state index is 5.75. The highest BCUT2D eigenvalue weighted by Crippen LogP contribution is 2.32. The number of nitrogens with zero attached hydrogens (tertiary/aromatic N) is 1. The van der Waals surface area contributed by atoms with Crippen molar-refractivity contribution in [1.82, 2.24) is 10.2 Å². The molecule has 3 nitrogen and oxygen atoms in total. The second-order valence-corrected chi connectivity index (χ2v) is 8.55. The van der Waals surface area contributed by atoms with E-state index in [0.717, 1.165) is 31.6 Å². The predicted molar refractivity (Wildman–Crippen MR) is 85.0 cm³/mol. The van der Waals surface area contributed by atoms with Crippen LogP contribution in [0.3, 0.4) is 0 Å². The molecule has 1 N–H and O–H groups in total. The van der Waals surface area contributed by atoms with Crippen molar-refractivity contribution in [1.29, 1.82) is 0 Å². The molecule has 2 aliphatic heterocycles. The van der Waals surface area contributed by atoms with Gasteiger partial charge in [0.2, 0.25) is 0 Å². The largest absolute Gasteiger partial charge is 0.381 e. The number of rotatable bonds is 4. The third kappa shape index (κ3) is 4.71. The molecule has 0 saturated carbocycles. The Balaban J connectivity index is 1.94. The smallest absolute Gasteiger partial charge is 0.0547 e. The molecule has 3 atom stereocenters. The average molecular weight is 282 g/mol. The van der Waals surface area contributed by atoms with Gasteiger partial charge in [-0.1, -0.05) is 13.8 Å². The van der Waals surface area contributed by atoms with Gasteiger partial charge in [0.05, 0.1) is 6.61 Å². The molecule has 0 aromatic rings. The number of likely N-dealkylation sites (tertiary alicyclic amines) is 1. The van der Waals surface area contributed by atoms with E-state index in [2.05, 4.69) is 44.8 Å². The van der Waals surface area contributed by atoms with Crippen molar-refractivity contribution in [2.45, 2.75) is 53.0 Å². The van der Waals surface area contributed by atoms with Gasteiger partial charge < -0.3 is 15.0 Å². The van der Waals surface area contributed by atoms with E-state index in [9.17, 15) is 0 Å². The van der Waals surface area contributed by atoms with Gasteiger partial charge in [-0.3, -0.25) is 0 Å². The van der Waals surface area contributed by atoms with Crippen LogP contribution in [-0.4, -0.2) is 49.8 Å². The lowest BCUT2D eigenvalue weighted by molar-refractivity contribution is 0.0650.